The van der Waals surface area contributed by atoms with Gasteiger partial charge in [-0.05, 0) is 31.5 Å². The Morgan fingerprint density at radius 3 is 2.62 bits per heavy atom. The SMILES string of the molecule is CC(CO)N[C@@H](C)[C@H](O)c1cccc(F)c1. The fraction of sp³-hybridized carbons (Fsp3) is 0.500. The predicted octanol–water partition coefficient (Wildman–Crippen LogP) is 1.22. The Hall–Kier alpha value is -0.970. The molecule has 0 saturated heterocycles. The van der Waals surface area contributed by atoms with Crippen molar-refractivity contribution in [2.24, 2.45) is 0 Å². The van der Waals surface area contributed by atoms with E-state index >= 15 is 0 Å². The molecule has 0 heterocycles. The second-order valence-corrected chi connectivity index (χ2v) is 4.04. The fourth-order valence-electron chi connectivity index (χ4n) is 1.57. The molecule has 0 fully saturated rings. The van der Waals surface area contributed by atoms with Gasteiger partial charge in [0.2, 0.25) is 0 Å². The van der Waals surface area contributed by atoms with Crippen molar-refractivity contribution in [1.29, 1.82) is 0 Å². The Morgan fingerprint density at radius 2 is 2.06 bits per heavy atom. The third kappa shape index (κ3) is 3.56. The molecule has 0 aliphatic carbocycles. The molecule has 0 aliphatic heterocycles. The lowest BCUT2D eigenvalue weighted by Crippen LogP contribution is -2.40. The van der Waals surface area contributed by atoms with Crippen molar-refractivity contribution in [2.45, 2.75) is 32.0 Å². The maximum atomic E-state index is 12.9. The zero-order valence-corrected chi connectivity index (χ0v) is 9.52. The summed E-state index contributed by atoms with van der Waals surface area (Å²) >= 11 is 0. The third-order valence-electron chi connectivity index (χ3n) is 2.49. The summed E-state index contributed by atoms with van der Waals surface area (Å²) in [5.41, 5.74) is 0.533. The van der Waals surface area contributed by atoms with Crippen LogP contribution in [0.3, 0.4) is 0 Å². The van der Waals surface area contributed by atoms with Crippen LogP contribution < -0.4 is 5.32 Å². The molecule has 4 heteroatoms. The summed E-state index contributed by atoms with van der Waals surface area (Å²) in [5.74, 6) is -0.362. The first-order valence-corrected chi connectivity index (χ1v) is 5.35. The summed E-state index contributed by atoms with van der Waals surface area (Å²) in [6, 6.07) is 5.55. The molecule has 3 nitrogen and oxygen atoms in total. The molecule has 1 aromatic carbocycles. The standard InChI is InChI=1S/C12H18FNO2/c1-8(7-15)14-9(2)12(16)10-4-3-5-11(13)6-10/h3-6,8-9,12,14-16H,7H2,1-2H3/t8?,9-,12-/m0/s1. The molecule has 0 aliphatic rings. The van der Waals surface area contributed by atoms with Crippen LogP contribution in [0.1, 0.15) is 25.5 Å². The summed E-state index contributed by atoms with van der Waals surface area (Å²) in [4.78, 5) is 0. The van der Waals surface area contributed by atoms with Gasteiger partial charge < -0.3 is 15.5 Å². The molecule has 3 atom stereocenters. The van der Waals surface area contributed by atoms with Crippen molar-refractivity contribution in [1.82, 2.24) is 5.32 Å². The molecular formula is C12H18FNO2. The van der Waals surface area contributed by atoms with Gasteiger partial charge in [0.25, 0.3) is 0 Å². The number of aliphatic hydroxyl groups is 2. The van der Waals surface area contributed by atoms with Crippen LogP contribution in [0, 0.1) is 5.82 Å². The Morgan fingerprint density at radius 1 is 1.38 bits per heavy atom. The average Bonchev–Trinajstić information content (AvgIpc) is 2.27. The van der Waals surface area contributed by atoms with Crippen LogP contribution in [-0.4, -0.2) is 28.9 Å². The van der Waals surface area contributed by atoms with Crippen LogP contribution >= 0.6 is 0 Å². The lowest BCUT2D eigenvalue weighted by atomic mass is 10.0. The zero-order chi connectivity index (χ0) is 12.1. The number of benzene rings is 1. The fourth-order valence-corrected chi connectivity index (χ4v) is 1.57. The normalized spacial score (nSPS) is 16.8. The smallest absolute Gasteiger partial charge is 0.123 e. The van der Waals surface area contributed by atoms with Crippen LogP contribution in [0.15, 0.2) is 24.3 Å². The minimum atomic E-state index is -0.787. The van der Waals surface area contributed by atoms with Gasteiger partial charge in [0.15, 0.2) is 0 Å². The maximum Gasteiger partial charge on any atom is 0.123 e. The second kappa shape index (κ2) is 5.94. The second-order valence-electron chi connectivity index (χ2n) is 4.04. The van der Waals surface area contributed by atoms with Gasteiger partial charge in [-0.25, -0.2) is 4.39 Å². The summed E-state index contributed by atoms with van der Waals surface area (Å²) in [6.07, 6.45) is -0.787. The number of halogens is 1. The largest absolute Gasteiger partial charge is 0.395 e. The minimum Gasteiger partial charge on any atom is -0.395 e. The first-order chi connectivity index (χ1) is 7.54. The van der Waals surface area contributed by atoms with E-state index in [2.05, 4.69) is 5.32 Å². The molecule has 0 radical (unpaired) electrons. The lowest BCUT2D eigenvalue weighted by molar-refractivity contribution is 0.121. The topological polar surface area (TPSA) is 52.5 Å². The first-order valence-electron chi connectivity index (χ1n) is 5.35. The molecule has 90 valence electrons. The summed E-state index contributed by atoms with van der Waals surface area (Å²) < 4.78 is 12.9. The molecule has 1 aromatic rings. The number of hydrogen-bond acceptors (Lipinski definition) is 3. The molecule has 0 bridgehead atoms. The van der Waals surface area contributed by atoms with Crippen LogP contribution in [0.4, 0.5) is 4.39 Å². The maximum absolute atomic E-state index is 12.9. The van der Waals surface area contributed by atoms with E-state index in [9.17, 15) is 9.50 Å². The van der Waals surface area contributed by atoms with E-state index in [0.717, 1.165) is 0 Å². The van der Waals surface area contributed by atoms with E-state index in [1.807, 2.05) is 6.92 Å². The molecule has 0 aromatic heterocycles. The van der Waals surface area contributed by atoms with E-state index in [1.165, 1.54) is 12.1 Å². The van der Waals surface area contributed by atoms with Gasteiger partial charge in [-0.1, -0.05) is 12.1 Å². The molecular weight excluding hydrogens is 209 g/mol. The highest BCUT2D eigenvalue weighted by Crippen LogP contribution is 2.17. The minimum absolute atomic E-state index is 0.000209. The highest BCUT2D eigenvalue weighted by atomic mass is 19.1. The van der Waals surface area contributed by atoms with Gasteiger partial charge in [-0.2, -0.15) is 0 Å². The third-order valence-corrected chi connectivity index (χ3v) is 2.49. The van der Waals surface area contributed by atoms with Crippen LogP contribution in [-0.2, 0) is 0 Å². The first kappa shape index (κ1) is 13.1. The van der Waals surface area contributed by atoms with Crippen molar-refractivity contribution < 1.29 is 14.6 Å². The van der Waals surface area contributed by atoms with E-state index in [-0.39, 0.29) is 24.5 Å². The van der Waals surface area contributed by atoms with Gasteiger partial charge in [0, 0.05) is 12.1 Å². The van der Waals surface area contributed by atoms with Crippen LogP contribution in [0.25, 0.3) is 0 Å². The van der Waals surface area contributed by atoms with Crippen LogP contribution in [0.5, 0.6) is 0 Å². The molecule has 1 rings (SSSR count). The summed E-state index contributed by atoms with van der Waals surface area (Å²) in [6.45, 7) is 3.61. The zero-order valence-electron chi connectivity index (χ0n) is 9.52. The Balaban J connectivity index is 2.66. The average molecular weight is 227 g/mol. The highest BCUT2D eigenvalue weighted by Gasteiger charge is 2.17. The molecule has 3 N–H and O–H groups in total. The number of aliphatic hydroxyl groups excluding tert-OH is 2. The van der Waals surface area contributed by atoms with Gasteiger partial charge in [0.05, 0.1) is 12.7 Å². The van der Waals surface area contributed by atoms with Crippen molar-refractivity contribution in [3.05, 3.63) is 35.6 Å². The molecule has 16 heavy (non-hydrogen) atoms. The van der Waals surface area contributed by atoms with E-state index in [1.54, 1.807) is 19.1 Å². The Bertz CT molecular complexity index is 333. The number of nitrogens with one attached hydrogen (secondary N) is 1. The Kier molecular flexibility index (Phi) is 4.86. The predicted molar refractivity (Wildman–Crippen MR) is 60.5 cm³/mol. The van der Waals surface area contributed by atoms with E-state index < -0.39 is 6.10 Å². The molecule has 0 spiro atoms. The number of hydrogen-bond donors (Lipinski definition) is 3. The van der Waals surface area contributed by atoms with Crippen molar-refractivity contribution in [2.75, 3.05) is 6.61 Å². The summed E-state index contributed by atoms with van der Waals surface area (Å²) in [5, 5.41) is 21.8. The molecule has 1 unspecified atom stereocenters. The quantitative estimate of drug-likeness (QED) is 0.709. The van der Waals surface area contributed by atoms with Gasteiger partial charge in [-0.15, -0.1) is 0 Å². The van der Waals surface area contributed by atoms with Gasteiger partial charge >= 0.3 is 0 Å². The summed E-state index contributed by atoms with van der Waals surface area (Å²) in [7, 11) is 0. The number of rotatable bonds is 5. The highest BCUT2D eigenvalue weighted by molar-refractivity contribution is 5.19. The lowest BCUT2D eigenvalue weighted by Gasteiger charge is -2.23. The van der Waals surface area contributed by atoms with E-state index in [4.69, 9.17) is 5.11 Å². The van der Waals surface area contributed by atoms with Gasteiger partial charge in [-0.3, -0.25) is 0 Å². The van der Waals surface area contributed by atoms with Crippen molar-refractivity contribution in [3.63, 3.8) is 0 Å². The molecule has 0 saturated carbocycles. The Labute approximate surface area is 94.9 Å². The van der Waals surface area contributed by atoms with Crippen LogP contribution in [0.2, 0.25) is 0 Å². The van der Waals surface area contributed by atoms with Gasteiger partial charge in [0.1, 0.15) is 5.82 Å². The monoisotopic (exact) mass is 227 g/mol. The molecule has 0 amide bonds. The van der Waals surface area contributed by atoms with E-state index in [0.29, 0.717) is 5.56 Å². The van der Waals surface area contributed by atoms with Crippen molar-refractivity contribution in [3.8, 4) is 0 Å². The van der Waals surface area contributed by atoms with Crippen molar-refractivity contribution >= 4 is 0 Å².